The number of pyridine rings is 2. The third-order valence-electron chi connectivity index (χ3n) is 7.57. The molecule has 3 N–H and O–H groups in total. The molecule has 12 nitrogen and oxygen atoms in total. The highest BCUT2D eigenvalue weighted by Crippen LogP contribution is 2.22. The molecule has 4 rings (SSSR count). The standard InChI is InChI=1S/C33H29F8N7O5S/c1-47(23-3-5-25(29(38)39)42-15-23)31(49)27(11-17-7-19(34)13-20(35)8-17)44-33(51)46-54(52,53)45-28(12-18-9-21(36)14-22(37)10-18)32(50)48(2)24-4-6-26(30(40)41)43-16-24/h3-10,13-16,27-30,45H,11-12H2,1-2H3,(H2,44,46,51)/t27?,28-/m0/s1. The van der Waals surface area contributed by atoms with Crippen LogP contribution in [0.1, 0.15) is 35.4 Å². The van der Waals surface area contributed by atoms with E-state index in [-0.39, 0.29) is 22.5 Å². The first-order valence-corrected chi connectivity index (χ1v) is 16.8. The molecule has 0 spiro atoms. The lowest BCUT2D eigenvalue weighted by Gasteiger charge is -2.26. The van der Waals surface area contributed by atoms with Crippen molar-refractivity contribution in [1.29, 1.82) is 0 Å². The van der Waals surface area contributed by atoms with Gasteiger partial charge in [0.25, 0.3) is 12.9 Å². The van der Waals surface area contributed by atoms with Crippen LogP contribution in [-0.2, 0) is 32.6 Å². The Morgan fingerprint density at radius 2 is 1.04 bits per heavy atom. The Morgan fingerprint density at radius 3 is 1.41 bits per heavy atom. The van der Waals surface area contributed by atoms with Gasteiger partial charge >= 0.3 is 16.2 Å². The summed E-state index contributed by atoms with van der Waals surface area (Å²) in [5, 5.41) is 2.06. The molecule has 288 valence electrons. The van der Waals surface area contributed by atoms with E-state index in [0.29, 0.717) is 12.1 Å². The quantitative estimate of drug-likeness (QED) is 0.154. The number of rotatable bonds is 14. The van der Waals surface area contributed by atoms with Gasteiger partial charge in [0.15, 0.2) is 0 Å². The van der Waals surface area contributed by atoms with Gasteiger partial charge in [0.05, 0.1) is 23.8 Å². The zero-order valence-electron chi connectivity index (χ0n) is 27.9. The van der Waals surface area contributed by atoms with Crippen molar-refractivity contribution in [1.82, 2.24) is 24.7 Å². The molecule has 2 atom stereocenters. The van der Waals surface area contributed by atoms with Crippen LogP contribution in [0.5, 0.6) is 0 Å². The van der Waals surface area contributed by atoms with Gasteiger partial charge in [0.2, 0.25) is 11.8 Å². The summed E-state index contributed by atoms with van der Waals surface area (Å²) in [6.45, 7) is 0. The predicted molar refractivity (Wildman–Crippen MR) is 177 cm³/mol. The molecule has 2 heterocycles. The van der Waals surface area contributed by atoms with Crippen molar-refractivity contribution in [2.45, 2.75) is 37.8 Å². The lowest BCUT2D eigenvalue weighted by atomic mass is 10.0. The third-order valence-corrected chi connectivity index (χ3v) is 8.62. The van der Waals surface area contributed by atoms with Crippen molar-refractivity contribution in [2.24, 2.45) is 0 Å². The smallest absolute Gasteiger partial charge is 0.325 e. The number of nitrogens with one attached hydrogen (secondary N) is 3. The Kier molecular flexibility index (Phi) is 13.2. The van der Waals surface area contributed by atoms with Gasteiger partial charge in [-0.15, -0.1) is 0 Å². The molecule has 4 amide bonds. The number of likely N-dealkylation sites (N-methyl/N-ethyl adjacent to an activating group) is 2. The molecule has 0 bridgehead atoms. The first kappa shape index (κ1) is 41.1. The van der Waals surface area contributed by atoms with Gasteiger partial charge in [0.1, 0.15) is 46.7 Å². The number of urea groups is 1. The molecule has 0 radical (unpaired) electrons. The fourth-order valence-corrected chi connectivity index (χ4v) is 5.93. The second-order valence-corrected chi connectivity index (χ2v) is 13.0. The summed E-state index contributed by atoms with van der Waals surface area (Å²) in [4.78, 5) is 48.9. The number of hydrogen-bond acceptors (Lipinski definition) is 7. The average Bonchev–Trinajstić information content (AvgIpc) is 3.08. The third kappa shape index (κ3) is 11.2. The number of amides is 4. The summed E-state index contributed by atoms with van der Waals surface area (Å²) in [5.74, 6) is -6.38. The van der Waals surface area contributed by atoms with E-state index in [1.807, 2.05) is 4.72 Å². The molecular weight excluding hydrogens is 758 g/mol. The van der Waals surface area contributed by atoms with Gasteiger partial charge in [-0.1, -0.05) is 0 Å². The first-order valence-electron chi connectivity index (χ1n) is 15.4. The molecule has 0 fully saturated rings. The summed E-state index contributed by atoms with van der Waals surface area (Å²) in [6, 6.07) is 3.00. The number of hydrogen-bond donors (Lipinski definition) is 3. The number of aromatic nitrogens is 2. The second kappa shape index (κ2) is 17.4. The lowest BCUT2D eigenvalue weighted by Crippen LogP contribution is -2.57. The number of benzene rings is 2. The molecule has 1 unspecified atom stereocenters. The van der Waals surface area contributed by atoms with Crippen molar-refractivity contribution in [3.05, 3.63) is 119 Å². The van der Waals surface area contributed by atoms with Gasteiger partial charge in [-0.05, 0) is 66.1 Å². The van der Waals surface area contributed by atoms with Gasteiger partial charge in [-0.25, -0.2) is 44.6 Å². The Bertz CT molecular complexity index is 2060. The zero-order valence-corrected chi connectivity index (χ0v) is 28.7. The minimum Gasteiger partial charge on any atom is -0.325 e. The molecule has 0 aliphatic rings. The molecule has 0 saturated carbocycles. The molecule has 21 heteroatoms. The molecule has 0 saturated heterocycles. The Morgan fingerprint density at radius 1 is 0.648 bits per heavy atom. The average molecular weight is 788 g/mol. The number of nitrogens with zero attached hydrogens (tertiary/aromatic N) is 4. The molecule has 54 heavy (non-hydrogen) atoms. The maximum Gasteiger partial charge on any atom is 0.330 e. The van der Waals surface area contributed by atoms with E-state index in [2.05, 4.69) is 15.3 Å². The predicted octanol–water partition coefficient (Wildman–Crippen LogP) is 4.89. The van der Waals surface area contributed by atoms with Crippen LogP contribution in [0.2, 0.25) is 0 Å². The summed E-state index contributed by atoms with van der Waals surface area (Å²) < 4.78 is 138. The van der Waals surface area contributed by atoms with Crippen molar-refractivity contribution in [3.63, 3.8) is 0 Å². The summed E-state index contributed by atoms with van der Waals surface area (Å²) in [6.07, 6.45) is -5.41. The van der Waals surface area contributed by atoms with Crippen LogP contribution in [0.15, 0.2) is 73.1 Å². The highest BCUT2D eigenvalue weighted by atomic mass is 32.2. The number of anilines is 2. The summed E-state index contributed by atoms with van der Waals surface area (Å²) >= 11 is 0. The summed E-state index contributed by atoms with van der Waals surface area (Å²) in [7, 11) is -2.86. The Hall–Kier alpha value is -5.70. The number of halogens is 8. The van der Waals surface area contributed by atoms with Crippen molar-refractivity contribution in [3.8, 4) is 0 Å². The number of alkyl halides is 4. The number of carbonyl (C=O) groups excluding carboxylic acids is 3. The number of carbonyl (C=O) groups is 3. The van der Waals surface area contributed by atoms with Gasteiger partial charge in [0, 0.05) is 32.6 Å². The monoisotopic (exact) mass is 787 g/mol. The van der Waals surface area contributed by atoms with Crippen LogP contribution >= 0.6 is 0 Å². The Balaban J connectivity index is 1.59. The normalized spacial score (nSPS) is 12.7. The van der Waals surface area contributed by atoms with Gasteiger partial charge < -0.3 is 15.1 Å². The van der Waals surface area contributed by atoms with Crippen molar-refractivity contribution >= 4 is 39.4 Å². The topological polar surface area (TPSA) is 154 Å². The minimum absolute atomic E-state index is 0.0605. The SMILES string of the molecule is CN(C(=O)C(Cc1cc(F)cc(F)c1)NC(=O)NS(=O)(=O)N[C@@H](Cc1cc(F)cc(F)c1)C(=O)N(C)c1ccc(C(F)F)nc1)c1ccc(C(F)F)nc1. The highest BCUT2D eigenvalue weighted by molar-refractivity contribution is 7.88. The van der Waals surface area contributed by atoms with E-state index in [9.17, 15) is 57.9 Å². The maximum absolute atomic E-state index is 14.0. The molecule has 0 aliphatic carbocycles. The van der Waals surface area contributed by atoms with E-state index in [1.54, 1.807) is 0 Å². The maximum atomic E-state index is 14.0. The van der Waals surface area contributed by atoms with E-state index < -0.39 is 100 Å². The van der Waals surface area contributed by atoms with Crippen LogP contribution in [0.4, 0.5) is 51.3 Å². The molecule has 2 aromatic carbocycles. The van der Waals surface area contributed by atoms with E-state index in [4.69, 9.17) is 0 Å². The van der Waals surface area contributed by atoms with E-state index in [0.717, 1.165) is 84.8 Å². The fourth-order valence-electron chi connectivity index (χ4n) is 5.01. The lowest BCUT2D eigenvalue weighted by molar-refractivity contribution is -0.120. The second-order valence-electron chi connectivity index (χ2n) is 11.5. The van der Waals surface area contributed by atoms with Gasteiger partial charge in [-0.3, -0.25) is 19.6 Å². The van der Waals surface area contributed by atoms with Crippen LogP contribution in [0.3, 0.4) is 0 Å². The van der Waals surface area contributed by atoms with Gasteiger partial charge in [-0.2, -0.15) is 13.1 Å². The largest absolute Gasteiger partial charge is 0.330 e. The van der Waals surface area contributed by atoms with Crippen LogP contribution in [0, 0.1) is 23.3 Å². The van der Waals surface area contributed by atoms with Crippen LogP contribution in [-0.4, -0.2) is 62.4 Å². The van der Waals surface area contributed by atoms with Crippen LogP contribution < -0.4 is 24.6 Å². The summed E-state index contributed by atoms with van der Waals surface area (Å²) in [5.41, 5.74) is -1.79. The van der Waals surface area contributed by atoms with Crippen molar-refractivity contribution in [2.75, 3.05) is 23.9 Å². The molecular formula is C33H29F8N7O5S. The molecule has 4 aromatic rings. The van der Waals surface area contributed by atoms with Crippen molar-refractivity contribution < 1.29 is 57.9 Å². The first-order chi connectivity index (χ1) is 25.3. The fraction of sp³-hybridized carbons (Fsp3) is 0.242. The van der Waals surface area contributed by atoms with E-state index in [1.165, 1.54) is 4.72 Å². The van der Waals surface area contributed by atoms with E-state index >= 15 is 0 Å². The Labute approximate surface area is 302 Å². The molecule has 0 aliphatic heterocycles. The highest BCUT2D eigenvalue weighted by Gasteiger charge is 2.32. The minimum atomic E-state index is -5.13. The van der Waals surface area contributed by atoms with Crippen LogP contribution in [0.25, 0.3) is 0 Å². The molecule has 2 aromatic heterocycles. The zero-order chi connectivity index (χ0) is 39.9.